The lowest BCUT2D eigenvalue weighted by atomic mass is 10.2. The lowest BCUT2D eigenvalue weighted by Crippen LogP contribution is -2.35. The molecule has 0 fully saturated rings. The first-order valence-electron chi connectivity index (χ1n) is 8.25. The third-order valence-electron chi connectivity index (χ3n) is 3.96. The van der Waals surface area contributed by atoms with Crippen LogP contribution in [0.25, 0.3) is 0 Å². The minimum absolute atomic E-state index is 0.245. The number of urea groups is 1. The minimum atomic E-state index is -0.270. The van der Waals surface area contributed by atoms with Gasteiger partial charge in [0.2, 0.25) is 12.0 Å². The first-order valence-corrected chi connectivity index (χ1v) is 8.25. The predicted molar refractivity (Wildman–Crippen MR) is 96.3 cm³/mol. The summed E-state index contributed by atoms with van der Waals surface area (Å²) in [5.41, 5.74) is 2.64. The van der Waals surface area contributed by atoms with E-state index in [0.29, 0.717) is 18.1 Å². The molecule has 0 spiro atoms. The molecule has 7 nitrogen and oxygen atoms in total. The molecule has 1 aromatic heterocycles. The fourth-order valence-electron chi connectivity index (χ4n) is 2.65. The molecule has 2 aliphatic rings. The van der Waals surface area contributed by atoms with Crippen molar-refractivity contribution in [3.8, 4) is 0 Å². The molecule has 0 bridgehead atoms. The van der Waals surface area contributed by atoms with Gasteiger partial charge >= 0.3 is 6.03 Å². The van der Waals surface area contributed by atoms with Crippen LogP contribution in [0.4, 0.5) is 4.79 Å². The summed E-state index contributed by atoms with van der Waals surface area (Å²) in [7, 11) is 0. The molecule has 1 aromatic carbocycles. The largest absolute Gasteiger partial charge is 0.334 e. The molecule has 0 radical (unpaired) electrons. The van der Waals surface area contributed by atoms with Gasteiger partial charge in [-0.2, -0.15) is 4.99 Å². The number of pyridine rings is 1. The summed E-state index contributed by atoms with van der Waals surface area (Å²) in [6.45, 7) is 0.437. The van der Waals surface area contributed by atoms with Crippen molar-refractivity contribution >= 4 is 11.9 Å². The second-order valence-electron chi connectivity index (χ2n) is 5.81. The number of carbonyl (C=O) groups excluding carboxylic acids is 1. The highest BCUT2D eigenvalue weighted by molar-refractivity contribution is 5.99. The molecule has 2 amide bonds. The van der Waals surface area contributed by atoms with Gasteiger partial charge in [0, 0.05) is 41.8 Å². The monoisotopic (exact) mass is 345 g/mol. The van der Waals surface area contributed by atoms with Gasteiger partial charge in [-0.25, -0.2) is 4.79 Å². The second-order valence-corrected chi connectivity index (χ2v) is 5.81. The average molecular weight is 345 g/mol. The average Bonchev–Trinajstić information content (AvgIpc) is 3.11. The maximum Gasteiger partial charge on any atom is 0.319 e. The standard InChI is InChI=1S/C19H16N6O/c26-19(21-13-14-6-9-20-10-7-14)22-16-8-11-25-17(12-16)23-18(24-25)15-4-2-1-3-5-15/h1-12,17H,13H2,(H-,21,22,26)/p+1. The van der Waals surface area contributed by atoms with Crippen molar-refractivity contribution in [2.75, 3.05) is 0 Å². The molecule has 2 N–H and O–H groups in total. The fourth-order valence-corrected chi connectivity index (χ4v) is 2.65. The maximum atomic E-state index is 12.1. The molecule has 128 valence electrons. The third kappa shape index (κ3) is 3.56. The molecular formula is C19H17N6O+. The van der Waals surface area contributed by atoms with Crippen molar-refractivity contribution in [3.63, 3.8) is 0 Å². The summed E-state index contributed by atoms with van der Waals surface area (Å²) < 4.78 is 1.77. The summed E-state index contributed by atoms with van der Waals surface area (Å²) in [6.07, 6.45) is 8.62. The van der Waals surface area contributed by atoms with E-state index in [1.807, 2.05) is 54.7 Å². The van der Waals surface area contributed by atoms with Gasteiger partial charge in [0.15, 0.2) is 0 Å². The third-order valence-corrected chi connectivity index (χ3v) is 3.96. The highest BCUT2D eigenvalue weighted by Gasteiger charge is 2.30. The van der Waals surface area contributed by atoms with Gasteiger partial charge < -0.3 is 10.6 Å². The number of allylic oxidation sites excluding steroid dienone is 1. The van der Waals surface area contributed by atoms with Crippen LogP contribution in [0.1, 0.15) is 11.1 Å². The van der Waals surface area contributed by atoms with E-state index in [0.717, 1.165) is 11.1 Å². The number of azo groups is 2. The van der Waals surface area contributed by atoms with Crippen molar-refractivity contribution in [2.45, 2.75) is 12.7 Å². The van der Waals surface area contributed by atoms with E-state index in [2.05, 4.69) is 25.7 Å². The number of carbonyl (C=O) groups is 1. The lowest BCUT2D eigenvalue weighted by Gasteiger charge is -2.10. The molecule has 0 saturated heterocycles. The summed E-state index contributed by atoms with van der Waals surface area (Å²) in [5, 5.41) is 10.1. The molecule has 0 saturated carbocycles. The normalized spacial score (nSPS) is 17.7. The van der Waals surface area contributed by atoms with E-state index >= 15 is 0 Å². The molecule has 4 rings (SSSR count). The Morgan fingerprint density at radius 2 is 1.92 bits per heavy atom. The van der Waals surface area contributed by atoms with Crippen LogP contribution in [0.15, 0.2) is 89.0 Å². The Bertz CT molecular complexity index is 931. The van der Waals surface area contributed by atoms with Crippen LogP contribution in [0.5, 0.6) is 0 Å². The fraction of sp³-hybridized carbons (Fsp3) is 0.105. The number of rotatable bonds is 4. The number of amidine groups is 1. The quantitative estimate of drug-likeness (QED) is 0.835. The summed E-state index contributed by atoms with van der Waals surface area (Å²) in [4.78, 5) is 20.6. The number of fused-ring (bicyclic) bond motifs is 1. The van der Waals surface area contributed by atoms with Crippen LogP contribution in [0, 0.1) is 0 Å². The highest BCUT2D eigenvalue weighted by Crippen LogP contribution is 2.18. The Morgan fingerprint density at radius 1 is 1.12 bits per heavy atom. The Morgan fingerprint density at radius 3 is 2.73 bits per heavy atom. The topological polar surface area (TPSA) is 81.8 Å². The van der Waals surface area contributed by atoms with Crippen molar-refractivity contribution in [1.29, 1.82) is 0 Å². The molecular weight excluding hydrogens is 328 g/mol. The zero-order valence-electron chi connectivity index (χ0n) is 13.9. The van der Waals surface area contributed by atoms with Gasteiger partial charge in [0.05, 0.1) is 5.70 Å². The van der Waals surface area contributed by atoms with Gasteiger partial charge in [-0.15, -0.1) is 0 Å². The number of amides is 2. The smallest absolute Gasteiger partial charge is 0.319 e. The number of hydrogen-bond donors (Lipinski definition) is 2. The van der Waals surface area contributed by atoms with Crippen molar-refractivity contribution in [3.05, 3.63) is 90.0 Å². The number of aromatic nitrogens is 1. The van der Waals surface area contributed by atoms with Crippen LogP contribution >= 0.6 is 0 Å². The molecule has 1 atom stereocenters. The van der Waals surface area contributed by atoms with E-state index < -0.39 is 0 Å². The van der Waals surface area contributed by atoms with E-state index in [1.54, 1.807) is 23.2 Å². The van der Waals surface area contributed by atoms with Crippen molar-refractivity contribution < 1.29 is 9.49 Å². The molecule has 2 aliphatic heterocycles. The van der Waals surface area contributed by atoms with Gasteiger partial charge in [0.25, 0.3) is 6.17 Å². The Hall–Kier alpha value is -3.61. The Kier molecular flexibility index (Phi) is 4.34. The highest BCUT2D eigenvalue weighted by atomic mass is 16.2. The van der Waals surface area contributed by atoms with Crippen LogP contribution in [0.2, 0.25) is 0 Å². The zero-order chi connectivity index (χ0) is 17.8. The van der Waals surface area contributed by atoms with Gasteiger partial charge in [-0.3, -0.25) is 4.98 Å². The molecule has 2 aromatic rings. The van der Waals surface area contributed by atoms with Gasteiger partial charge in [0.1, 0.15) is 0 Å². The predicted octanol–water partition coefficient (Wildman–Crippen LogP) is 2.54. The van der Waals surface area contributed by atoms with E-state index in [4.69, 9.17) is 0 Å². The molecule has 7 heteroatoms. The van der Waals surface area contributed by atoms with Crippen LogP contribution in [-0.4, -0.2) is 27.7 Å². The van der Waals surface area contributed by atoms with Crippen molar-refractivity contribution in [2.24, 2.45) is 10.1 Å². The van der Waals surface area contributed by atoms with Gasteiger partial charge in [-0.1, -0.05) is 35.0 Å². The maximum absolute atomic E-state index is 12.1. The van der Waals surface area contributed by atoms with E-state index in [9.17, 15) is 4.79 Å². The van der Waals surface area contributed by atoms with Crippen LogP contribution < -0.4 is 10.6 Å². The number of aliphatic imine (C=N–C) groups is 1. The summed E-state index contributed by atoms with van der Waals surface area (Å²) in [6, 6.07) is 13.3. The SMILES string of the molecule is O=C(NCc1ccncc1)NC1=CC2N=C(c3ccccc3)N=[N+]2C=C1. The zero-order valence-corrected chi connectivity index (χ0v) is 13.9. The lowest BCUT2D eigenvalue weighted by molar-refractivity contribution is -0.542. The van der Waals surface area contributed by atoms with Crippen molar-refractivity contribution in [1.82, 2.24) is 15.6 Å². The summed E-state index contributed by atoms with van der Waals surface area (Å²) >= 11 is 0. The molecule has 1 unspecified atom stereocenters. The first-order chi connectivity index (χ1) is 12.8. The van der Waals surface area contributed by atoms with Gasteiger partial charge in [-0.05, 0) is 17.7 Å². The first kappa shape index (κ1) is 15.9. The Labute approximate surface area is 150 Å². The molecule has 0 aliphatic carbocycles. The van der Waals surface area contributed by atoms with E-state index in [1.165, 1.54) is 0 Å². The number of nitrogens with zero attached hydrogens (tertiary/aromatic N) is 4. The molecule has 26 heavy (non-hydrogen) atoms. The number of benzene rings is 1. The summed E-state index contributed by atoms with van der Waals surface area (Å²) in [5.74, 6) is 0.680. The Balaban J connectivity index is 1.39. The second kappa shape index (κ2) is 7.10. The van der Waals surface area contributed by atoms with E-state index in [-0.39, 0.29) is 12.2 Å². The minimum Gasteiger partial charge on any atom is -0.334 e. The molecule has 3 heterocycles. The van der Waals surface area contributed by atoms with Crippen LogP contribution in [0.3, 0.4) is 0 Å². The number of nitrogens with one attached hydrogen (secondary N) is 2. The number of hydrogen-bond acceptors (Lipinski definition) is 4. The van der Waals surface area contributed by atoms with Crippen LogP contribution in [-0.2, 0) is 6.54 Å².